The molecule has 1 heterocycles. The lowest BCUT2D eigenvalue weighted by Gasteiger charge is -2.13. The van der Waals surface area contributed by atoms with Crippen LogP contribution in [-0.4, -0.2) is 16.5 Å². The SMILES string of the molecule is CCNc1cc(Nc2cccc(C)c2C)nc(C2CC2)n1. The fourth-order valence-corrected chi connectivity index (χ4v) is 2.35. The second-order valence-corrected chi connectivity index (χ2v) is 5.67. The molecular weight excluding hydrogens is 260 g/mol. The van der Waals surface area contributed by atoms with Crippen molar-refractivity contribution in [2.45, 2.75) is 39.5 Å². The summed E-state index contributed by atoms with van der Waals surface area (Å²) in [5.41, 5.74) is 3.65. The highest BCUT2D eigenvalue weighted by molar-refractivity contribution is 5.63. The van der Waals surface area contributed by atoms with E-state index in [2.05, 4.69) is 59.6 Å². The van der Waals surface area contributed by atoms with E-state index in [0.717, 1.165) is 29.7 Å². The highest BCUT2D eigenvalue weighted by atomic mass is 15.1. The summed E-state index contributed by atoms with van der Waals surface area (Å²) >= 11 is 0. The molecule has 2 aromatic rings. The normalized spacial score (nSPS) is 14.0. The predicted molar refractivity (Wildman–Crippen MR) is 87.4 cm³/mol. The molecule has 0 spiro atoms. The van der Waals surface area contributed by atoms with Crippen molar-refractivity contribution < 1.29 is 0 Å². The fourth-order valence-electron chi connectivity index (χ4n) is 2.35. The summed E-state index contributed by atoms with van der Waals surface area (Å²) in [6.45, 7) is 7.20. The molecule has 4 heteroatoms. The van der Waals surface area contributed by atoms with E-state index in [-0.39, 0.29) is 0 Å². The van der Waals surface area contributed by atoms with Gasteiger partial charge in [-0.25, -0.2) is 9.97 Å². The number of aryl methyl sites for hydroxylation is 1. The topological polar surface area (TPSA) is 49.8 Å². The van der Waals surface area contributed by atoms with Gasteiger partial charge in [-0.2, -0.15) is 0 Å². The number of benzene rings is 1. The van der Waals surface area contributed by atoms with Crippen molar-refractivity contribution >= 4 is 17.3 Å². The number of hydrogen-bond donors (Lipinski definition) is 2. The second-order valence-electron chi connectivity index (χ2n) is 5.67. The average Bonchev–Trinajstić information content (AvgIpc) is 3.29. The molecule has 1 aromatic carbocycles. The number of anilines is 3. The third-order valence-corrected chi connectivity index (χ3v) is 3.91. The van der Waals surface area contributed by atoms with Crippen LogP contribution in [0.2, 0.25) is 0 Å². The van der Waals surface area contributed by atoms with Gasteiger partial charge in [0.2, 0.25) is 0 Å². The smallest absolute Gasteiger partial charge is 0.136 e. The monoisotopic (exact) mass is 282 g/mol. The molecule has 0 saturated heterocycles. The number of nitrogens with zero attached hydrogens (tertiary/aromatic N) is 2. The third-order valence-electron chi connectivity index (χ3n) is 3.91. The third kappa shape index (κ3) is 3.15. The lowest BCUT2D eigenvalue weighted by molar-refractivity contribution is 0.927. The molecule has 1 saturated carbocycles. The molecule has 1 fully saturated rings. The van der Waals surface area contributed by atoms with Gasteiger partial charge in [-0.3, -0.25) is 0 Å². The number of hydrogen-bond acceptors (Lipinski definition) is 4. The predicted octanol–water partition coefficient (Wildman–Crippen LogP) is 4.15. The van der Waals surface area contributed by atoms with E-state index in [9.17, 15) is 0 Å². The molecule has 0 amide bonds. The molecule has 21 heavy (non-hydrogen) atoms. The number of nitrogens with one attached hydrogen (secondary N) is 2. The molecule has 0 aliphatic heterocycles. The van der Waals surface area contributed by atoms with Crippen LogP contribution >= 0.6 is 0 Å². The van der Waals surface area contributed by atoms with Crippen molar-refractivity contribution in [3.8, 4) is 0 Å². The zero-order valence-electron chi connectivity index (χ0n) is 12.9. The van der Waals surface area contributed by atoms with Gasteiger partial charge in [0.25, 0.3) is 0 Å². The Bertz CT molecular complexity index is 647. The standard InChI is InChI=1S/C17H22N4/c1-4-18-15-10-16(21-17(20-15)13-8-9-13)19-14-7-5-6-11(2)12(14)3/h5-7,10,13H,4,8-9H2,1-3H3,(H2,18,19,20,21). The van der Waals surface area contributed by atoms with Crippen molar-refractivity contribution in [1.29, 1.82) is 0 Å². The average molecular weight is 282 g/mol. The highest BCUT2D eigenvalue weighted by Gasteiger charge is 2.27. The lowest BCUT2D eigenvalue weighted by Crippen LogP contribution is -2.06. The van der Waals surface area contributed by atoms with Crippen LogP contribution in [0.25, 0.3) is 0 Å². The van der Waals surface area contributed by atoms with Crippen LogP contribution in [0, 0.1) is 13.8 Å². The Morgan fingerprint density at radius 1 is 1.14 bits per heavy atom. The van der Waals surface area contributed by atoms with E-state index >= 15 is 0 Å². The molecular formula is C17H22N4. The molecule has 0 unspecified atom stereocenters. The van der Waals surface area contributed by atoms with Crippen LogP contribution in [0.4, 0.5) is 17.3 Å². The Balaban J connectivity index is 1.91. The van der Waals surface area contributed by atoms with E-state index in [1.54, 1.807) is 0 Å². The highest BCUT2D eigenvalue weighted by Crippen LogP contribution is 2.39. The first kappa shape index (κ1) is 13.9. The maximum atomic E-state index is 4.68. The van der Waals surface area contributed by atoms with E-state index < -0.39 is 0 Å². The Kier molecular flexibility index (Phi) is 3.78. The minimum Gasteiger partial charge on any atom is -0.370 e. The fraction of sp³-hybridized carbons (Fsp3) is 0.412. The summed E-state index contributed by atoms with van der Waals surface area (Å²) in [6, 6.07) is 8.27. The molecule has 4 nitrogen and oxygen atoms in total. The molecule has 0 radical (unpaired) electrons. The van der Waals surface area contributed by atoms with Gasteiger partial charge in [-0.05, 0) is 50.8 Å². The van der Waals surface area contributed by atoms with Crippen LogP contribution < -0.4 is 10.6 Å². The number of rotatable bonds is 5. The Hall–Kier alpha value is -2.10. The Morgan fingerprint density at radius 2 is 1.90 bits per heavy atom. The summed E-state index contributed by atoms with van der Waals surface area (Å²) in [5, 5.41) is 6.74. The molecule has 1 aliphatic rings. The minimum absolute atomic E-state index is 0.544. The summed E-state index contributed by atoms with van der Waals surface area (Å²) in [6.07, 6.45) is 2.41. The van der Waals surface area contributed by atoms with Crippen molar-refractivity contribution in [3.63, 3.8) is 0 Å². The van der Waals surface area contributed by atoms with Gasteiger partial charge in [0.05, 0.1) is 0 Å². The lowest BCUT2D eigenvalue weighted by atomic mass is 10.1. The zero-order valence-corrected chi connectivity index (χ0v) is 12.9. The first-order chi connectivity index (χ1) is 10.2. The maximum absolute atomic E-state index is 4.68. The largest absolute Gasteiger partial charge is 0.370 e. The van der Waals surface area contributed by atoms with Gasteiger partial charge in [0, 0.05) is 24.2 Å². The quantitative estimate of drug-likeness (QED) is 0.865. The summed E-state index contributed by atoms with van der Waals surface area (Å²) in [5.74, 6) is 3.28. The Labute approximate surface area is 126 Å². The number of aromatic nitrogens is 2. The molecule has 3 rings (SSSR count). The van der Waals surface area contributed by atoms with Gasteiger partial charge >= 0.3 is 0 Å². The van der Waals surface area contributed by atoms with E-state index in [1.165, 1.54) is 24.0 Å². The van der Waals surface area contributed by atoms with Crippen LogP contribution in [0.5, 0.6) is 0 Å². The maximum Gasteiger partial charge on any atom is 0.136 e. The first-order valence-corrected chi connectivity index (χ1v) is 7.63. The van der Waals surface area contributed by atoms with Gasteiger partial charge in [-0.1, -0.05) is 12.1 Å². The van der Waals surface area contributed by atoms with Crippen LogP contribution in [0.3, 0.4) is 0 Å². The molecule has 1 aliphatic carbocycles. The zero-order chi connectivity index (χ0) is 14.8. The minimum atomic E-state index is 0.544. The molecule has 1 aromatic heterocycles. The van der Waals surface area contributed by atoms with Crippen LogP contribution in [0.1, 0.15) is 42.6 Å². The van der Waals surface area contributed by atoms with E-state index in [0.29, 0.717) is 5.92 Å². The molecule has 2 N–H and O–H groups in total. The summed E-state index contributed by atoms with van der Waals surface area (Å²) < 4.78 is 0. The van der Waals surface area contributed by atoms with Crippen molar-refractivity contribution in [2.24, 2.45) is 0 Å². The van der Waals surface area contributed by atoms with Crippen molar-refractivity contribution in [2.75, 3.05) is 17.2 Å². The van der Waals surface area contributed by atoms with Crippen LogP contribution in [-0.2, 0) is 0 Å². The molecule has 0 bridgehead atoms. The van der Waals surface area contributed by atoms with Gasteiger partial charge < -0.3 is 10.6 Å². The first-order valence-electron chi connectivity index (χ1n) is 7.63. The van der Waals surface area contributed by atoms with Gasteiger partial charge in [-0.15, -0.1) is 0 Å². The van der Waals surface area contributed by atoms with Gasteiger partial charge in [0.1, 0.15) is 17.5 Å². The van der Waals surface area contributed by atoms with Crippen LogP contribution in [0.15, 0.2) is 24.3 Å². The Morgan fingerprint density at radius 3 is 2.62 bits per heavy atom. The molecule has 0 atom stereocenters. The van der Waals surface area contributed by atoms with Crippen molar-refractivity contribution in [3.05, 3.63) is 41.2 Å². The van der Waals surface area contributed by atoms with E-state index in [4.69, 9.17) is 0 Å². The van der Waals surface area contributed by atoms with Crippen molar-refractivity contribution in [1.82, 2.24) is 9.97 Å². The molecule has 110 valence electrons. The van der Waals surface area contributed by atoms with E-state index in [1.807, 2.05) is 6.07 Å². The summed E-state index contributed by atoms with van der Waals surface area (Å²) in [4.78, 5) is 9.29. The second kappa shape index (κ2) is 5.72. The van der Waals surface area contributed by atoms with Gasteiger partial charge in [0.15, 0.2) is 0 Å². The summed E-state index contributed by atoms with van der Waals surface area (Å²) in [7, 11) is 0.